The van der Waals surface area contributed by atoms with E-state index in [0.717, 1.165) is 50.0 Å². The van der Waals surface area contributed by atoms with E-state index in [9.17, 15) is 14.4 Å². The topological polar surface area (TPSA) is 106 Å². The Hall–Kier alpha value is -2.53. The Kier molecular flexibility index (Phi) is 30.3. The van der Waals surface area contributed by atoms with Crippen LogP contribution in [0.15, 0.2) is 72.9 Å². The predicted octanol–water partition coefficient (Wildman–Crippen LogP) is 7.27. The third-order valence-corrected chi connectivity index (χ3v) is 8.92. The molecule has 10 heteroatoms. The Bertz CT molecular complexity index is 1010. The quantitative estimate of drug-likeness (QED) is 0.0431. The molecular formula is C37H61N3O5S2. The molecule has 0 aliphatic heterocycles. The van der Waals surface area contributed by atoms with Crippen LogP contribution >= 0.6 is 21.6 Å². The lowest BCUT2D eigenvalue weighted by Gasteiger charge is -2.31. The molecule has 0 saturated carbocycles. The number of ether oxygens (including phenoxy) is 2. The maximum absolute atomic E-state index is 12.5. The van der Waals surface area contributed by atoms with Crippen LogP contribution in [0.4, 0.5) is 0 Å². The summed E-state index contributed by atoms with van der Waals surface area (Å²) in [6, 6.07) is 0. The summed E-state index contributed by atoms with van der Waals surface area (Å²) in [4.78, 5) is 36.6. The van der Waals surface area contributed by atoms with Gasteiger partial charge in [0.1, 0.15) is 6.10 Å². The first-order valence-electron chi connectivity index (χ1n) is 16.8. The Balaban J connectivity index is 3.74. The minimum atomic E-state index is -0.660. The van der Waals surface area contributed by atoms with E-state index in [1.165, 1.54) is 7.11 Å². The first-order valence-corrected chi connectivity index (χ1v) is 19.3. The molecule has 47 heavy (non-hydrogen) atoms. The average Bonchev–Trinajstić information content (AvgIpc) is 3.04. The van der Waals surface area contributed by atoms with Crippen LogP contribution in [0.5, 0.6) is 0 Å². The Labute approximate surface area is 293 Å². The zero-order chi connectivity index (χ0) is 34.9. The number of allylic oxidation sites excluding steroid dienone is 11. The standard InChI is InChI=1S/C37H61N3O5S2/c1-6-8-9-10-11-12-13-14-15-16-17-18-19-20-21-22-23-24-25-33(41)38-28-30-46-47-31-29-39-34(42)26-27-40-36(43)35(44-5)37(3,4)32-45-7-2/h8-9,11-12,14-15,17-18,20-21,23-24,35H,6-7,10,13,16,19,22,25-32H2,1-5H3,(H,38,41)(H,39,42)(H,40,43)/b9-8-,12-11-,15-14-,18-17-,21-20-,24-23-/t35-/m0/s1. The van der Waals surface area contributed by atoms with Gasteiger partial charge in [-0.1, -0.05) is 115 Å². The molecule has 0 aromatic heterocycles. The number of rotatable bonds is 29. The van der Waals surface area contributed by atoms with Crippen molar-refractivity contribution in [2.75, 3.05) is 51.5 Å². The minimum absolute atomic E-state index is 0.0182. The molecule has 0 unspecified atom stereocenters. The van der Waals surface area contributed by atoms with Crippen LogP contribution in [0, 0.1) is 5.41 Å². The SMILES string of the molecule is CC/C=C\C/C=C\C/C=C\C/C=C\C/C=C\C/C=C\CC(=O)NCCSSCCNC(=O)CCNC(=O)[C@H](OC)C(C)(C)COCC. The van der Waals surface area contributed by atoms with Crippen LogP contribution in [0.25, 0.3) is 0 Å². The van der Waals surface area contributed by atoms with Crippen molar-refractivity contribution < 1.29 is 23.9 Å². The molecule has 266 valence electrons. The van der Waals surface area contributed by atoms with Crippen LogP contribution in [-0.4, -0.2) is 75.3 Å². The van der Waals surface area contributed by atoms with E-state index in [1.54, 1.807) is 21.6 Å². The highest BCUT2D eigenvalue weighted by molar-refractivity contribution is 8.76. The van der Waals surface area contributed by atoms with Gasteiger partial charge in [0.15, 0.2) is 0 Å². The molecule has 0 rings (SSSR count). The number of nitrogens with one attached hydrogen (secondary N) is 3. The first kappa shape index (κ1) is 44.5. The van der Waals surface area contributed by atoms with Gasteiger partial charge >= 0.3 is 0 Å². The van der Waals surface area contributed by atoms with E-state index < -0.39 is 11.5 Å². The third-order valence-electron chi connectivity index (χ3n) is 6.51. The fraction of sp³-hybridized carbons (Fsp3) is 0.595. The Morgan fingerprint density at radius 3 is 1.60 bits per heavy atom. The van der Waals surface area contributed by atoms with E-state index in [-0.39, 0.29) is 30.7 Å². The van der Waals surface area contributed by atoms with Gasteiger partial charge in [-0.05, 0) is 45.4 Å². The molecule has 1 atom stereocenters. The van der Waals surface area contributed by atoms with Gasteiger partial charge in [0.25, 0.3) is 0 Å². The lowest BCUT2D eigenvalue weighted by Crippen LogP contribution is -2.47. The van der Waals surface area contributed by atoms with Crippen molar-refractivity contribution in [1.29, 1.82) is 0 Å². The predicted molar refractivity (Wildman–Crippen MR) is 202 cm³/mol. The fourth-order valence-electron chi connectivity index (χ4n) is 4.07. The molecule has 0 saturated heterocycles. The molecule has 3 N–H and O–H groups in total. The van der Waals surface area contributed by atoms with Crippen LogP contribution < -0.4 is 16.0 Å². The van der Waals surface area contributed by atoms with Gasteiger partial charge in [0.2, 0.25) is 17.7 Å². The monoisotopic (exact) mass is 691 g/mol. The van der Waals surface area contributed by atoms with Crippen LogP contribution in [0.1, 0.15) is 79.1 Å². The van der Waals surface area contributed by atoms with E-state index in [2.05, 4.69) is 83.6 Å². The molecule has 8 nitrogen and oxygen atoms in total. The number of carbonyl (C=O) groups is 3. The summed E-state index contributed by atoms with van der Waals surface area (Å²) in [7, 11) is 4.82. The molecule has 0 aromatic carbocycles. The van der Waals surface area contributed by atoms with Crippen molar-refractivity contribution in [2.24, 2.45) is 5.41 Å². The number of hydrogen-bond acceptors (Lipinski definition) is 7. The zero-order valence-electron chi connectivity index (χ0n) is 29.5. The molecule has 0 bridgehead atoms. The van der Waals surface area contributed by atoms with E-state index in [0.29, 0.717) is 32.7 Å². The second-order valence-corrected chi connectivity index (χ2v) is 13.9. The Morgan fingerprint density at radius 1 is 0.660 bits per heavy atom. The zero-order valence-corrected chi connectivity index (χ0v) is 31.1. The molecule has 0 aliphatic rings. The van der Waals surface area contributed by atoms with Crippen molar-refractivity contribution in [1.82, 2.24) is 16.0 Å². The normalized spacial score (nSPS) is 13.2. The third kappa shape index (κ3) is 28.2. The largest absolute Gasteiger partial charge is 0.381 e. The smallest absolute Gasteiger partial charge is 0.249 e. The lowest BCUT2D eigenvalue weighted by atomic mass is 9.86. The van der Waals surface area contributed by atoms with Crippen molar-refractivity contribution in [2.45, 2.75) is 85.2 Å². The highest BCUT2D eigenvalue weighted by atomic mass is 33.1. The molecule has 3 amide bonds. The van der Waals surface area contributed by atoms with Crippen LogP contribution in [0.3, 0.4) is 0 Å². The maximum atomic E-state index is 12.5. The number of carbonyl (C=O) groups excluding carboxylic acids is 3. The summed E-state index contributed by atoms with van der Waals surface area (Å²) >= 11 is 0. The average molecular weight is 692 g/mol. The molecule has 0 aromatic rings. The summed E-state index contributed by atoms with van der Waals surface area (Å²) in [5, 5.41) is 8.58. The van der Waals surface area contributed by atoms with Gasteiger partial charge in [0.05, 0.1) is 6.61 Å². The van der Waals surface area contributed by atoms with Crippen molar-refractivity contribution in [3.63, 3.8) is 0 Å². The molecule has 0 spiro atoms. The second kappa shape index (κ2) is 32.0. The van der Waals surface area contributed by atoms with Crippen LogP contribution in [-0.2, 0) is 23.9 Å². The molecule has 0 fully saturated rings. The van der Waals surface area contributed by atoms with Crippen molar-refractivity contribution in [3.05, 3.63) is 72.9 Å². The van der Waals surface area contributed by atoms with Gasteiger partial charge in [-0.25, -0.2) is 0 Å². The summed E-state index contributed by atoms with van der Waals surface area (Å²) in [5.74, 6) is 1.21. The number of methoxy groups -OCH3 is 1. The fourth-order valence-corrected chi connectivity index (χ4v) is 5.88. The van der Waals surface area contributed by atoms with Gasteiger partial charge < -0.3 is 25.4 Å². The highest BCUT2D eigenvalue weighted by Gasteiger charge is 2.35. The van der Waals surface area contributed by atoms with Gasteiger partial charge in [-0.15, -0.1) is 0 Å². The van der Waals surface area contributed by atoms with Crippen molar-refractivity contribution >= 4 is 39.3 Å². The van der Waals surface area contributed by atoms with Gasteiger partial charge in [0, 0.05) is 63.1 Å². The van der Waals surface area contributed by atoms with E-state index >= 15 is 0 Å². The van der Waals surface area contributed by atoms with Gasteiger partial charge in [-0.2, -0.15) is 0 Å². The van der Waals surface area contributed by atoms with Crippen LogP contribution in [0.2, 0.25) is 0 Å². The lowest BCUT2D eigenvalue weighted by molar-refractivity contribution is -0.141. The molecule has 0 heterocycles. The number of hydrogen-bond donors (Lipinski definition) is 3. The molecule has 0 radical (unpaired) electrons. The van der Waals surface area contributed by atoms with Gasteiger partial charge in [-0.3, -0.25) is 14.4 Å². The minimum Gasteiger partial charge on any atom is -0.381 e. The Morgan fingerprint density at radius 2 is 1.13 bits per heavy atom. The highest BCUT2D eigenvalue weighted by Crippen LogP contribution is 2.24. The van der Waals surface area contributed by atoms with E-state index in [4.69, 9.17) is 9.47 Å². The summed E-state index contributed by atoms with van der Waals surface area (Å²) < 4.78 is 10.9. The van der Waals surface area contributed by atoms with E-state index in [1.807, 2.05) is 32.9 Å². The molecule has 0 aliphatic carbocycles. The summed E-state index contributed by atoms with van der Waals surface area (Å²) in [5.41, 5.74) is -0.482. The summed E-state index contributed by atoms with van der Waals surface area (Å²) in [6.45, 7) is 10.3. The second-order valence-electron chi connectivity index (χ2n) is 11.2. The number of amides is 3. The first-order chi connectivity index (χ1) is 22.8. The summed E-state index contributed by atoms with van der Waals surface area (Å²) in [6.07, 6.45) is 31.4. The molecular weight excluding hydrogens is 631 g/mol. The maximum Gasteiger partial charge on any atom is 0.249 e. The van der Waals surface area contributed by atoms with Crippen molar-refractivity contribution in [3.8, 4) is 0 Å².